The Bertz CT molecular complexity index is 799. The number of nitrogens with one attached hydrogen (secondary N) is 2. The van der Waals surface area contributed by atoms with Crippen molar-refractivity contribution in [2.24, 2.45) is 0 Å². The minimum Gasteiger partial charge on any atom is -0.492 e. The van der Waals surface area contributed by atoms with Gasteiger partial charge in [-0.2, -0.15) is 5.10 Å². The number of ether oxygens (including phenoxy) is 2. The average molecular weight is 384 g/mol. The lowest BCUT2D eigenvalue weighted by Gasteiger charge is -2.26. The fourth-order valence-corrected chi connectivity index (χ4v) is 3.82. The number of nitrogens with zero attached hydrogens (tertiary/aromatic N) is 2. The highest BCUT2D eigenvalue weighted by molar-refractivity contribution is 6.04. The number of hydrogen-bond acceptors (Lipinski definition) is 5. The van der Waals surface area contributed by atoms with Gasteiger partial charge in [0.1, 0.15) is 12.4 Å². The zero-order valence-corrected chi connectivity index (χ0v) is 16.2. The molecule has 2 aromatic rings. The van der Waals surface area contributed by atoms with Gasteiger partial charge in [-0.1, -0.05) is 12.5 Å². The van der Waals surface area contributed by atoms with Crippen molar-refractivity contribution >= 4 is 11.6 Å². The van der Waals surface area contributed by atoms with Crippen LogP contribution in [0.3, 0.4) is 0 Å². The molecule has 0 bridgehead atoms. The summed E-state index contributed by atoms with van der Waals surface area (Å²) in [5.74, 6) is 0.594. The lowest BCUT2D eigenvalue weighted by molar-refractivity contribution is 0.0322. The summed E-state index contributed by atoms with van der Waals surface area (Å²) in [6, 6.07) is 7.54. The molecule has 2 N–H and O–H groups in total. The van der Waals surface area contributed by atoms with Crippen molar-refractivity contribution in [3.8, 4) is 5.75 Å². The number of aromatic amines is 1. The van der Waals surface area contributed by atoms with Crippen molar-refractivity contribution in [1.82, 2.24) is 15.1 Å². The van der Waals surface area contributed by atoms with Gasteiger partial charge in [0.25, 0.3) is 5.91 Å². The first-order chi connectivity index (χ1) is 13.8. The van der Waals surface area contributed by atoms with Crippen LogP contribution in [0, 0.1) is 0 Å². The van der Waals surface area contributed by atoms with Crippen LogP contribution in [-0.2, 0) is 17.6 Å². The van der Waals surface area contributed by atoms with Gasteiger partial charge in [-0.15, -0.1) is 0 Å². The van der Waals surface area contributed by atoms with Gasteiger partial charge >= 0.3 is 0 Å². The molecule has 1 aromatic heterocycles. The second-order valence-corrected chi connectivity index (χ2v) is 7.37. The van der Waals surface area contributed by atoms with Gasteiger partial charge in [0.15, 0.2) is 5.69 Å². The number of amides is 1. The molecule has 1 aromatic carbocycles. The quantitative estimate of drug-likeness (QED) is 0.749. The number of rotatable bonds is 6. The Balaban J connectivity index is 1.34. The summed E-state index contributed by atoms with van der Waals surface area (Å²) in [6.45, 7) is 4.97. The maximum Gasteiger partial charge on any atom is 0.276 e. The molecule has 7 nitrogen and oxygen atoms in total. The van der Waals surface area contributed by atoms with Crippen LogP contribution in [0.15, 0.2) is 24.3 Å². The maximum atomic E-state index is 12.7. The van der Waals surface area contributed by atoms with Crippen LogP contribution in [0.5, 0.6) is 5.75 Å². The molecule has 2 aliphatic rings. The topological polar surface area (TPSA) is 79.5 Å². The molecule has 0 spiro atoms. The Kier molecular flexibility index (Phi) is 6.24. The highest BCUT2D eigenvalue weighted by Crippen LogP contribution is 2.23. The summed E-state index contributed by atoms with van der Waals surface area (Å²) in [5, 5.41) is 10.3. The van der Waals surface area contributed by atoms with Crippen LogP contribution in [0.2, 0.25) is 0 Å². The van der Waals surface area contributed by atoms with Crippen molar-refractivity contribution in [2.45, 2.75) is 32.1 Å². The van der Waals surface area contributed by atoms with E-state index in [1.807, 2.05) is 24.3 Å². The first-order valence-corrected chi connectivity index (χ1v) is 10.2. The summed E-state index contributed by atoms with van der Waals surface area (Å²) < 4.78 is 11.2. The predicted octanol–water partition coefficient (Wildman–Crippen LogP) is 2.64. The summed E-state index contributed by atoms with van der Waals surface area (Å²) in [5.41, 5.74) is 3.44. The molecule has 0 radical (unpaired) electrons. The number of fused-ring (bicyclic) bond motifs is 1. The third-order valence-corrected chi connectivity index (χ3v) is 5.39. The number of anilines is 1. The molecule has 1 saturated heterocycles. The average Bonchev–Trinajstić information content (AvgIpc) is 2.98. The lowest BCUT2D eigenvalue weighted by Crippen LogP contribution is -2.38. The summed E-state index contributed by atoms with van der Waals surface area (Å²) >= 11 is 0. The molecule has 7 heteroatoms. The van der Waals surface area contributed by atoms with E-state index >= 15 is 0 Å². The fourth-order valence-electron chi connectivity index (χ4n) is 3.82. The van der Waals surface area contributed by atoms with E-state index in [0.717, 1.165) is 81.2 Å². The highest BCUT2D eigenvalue weighted by Gasteiger charge is 2.21. The van der Waals surface area contributed by atoms with Gasteiger partial charge in [-0.3, -0.25) is 14.8 Å². The van der Waals surface area contributed by atoms with Crippen molar-refractivity contribution in [3.05, 3.63) is 41.2 Å². The number of morpholine rings is 1. The van der Waals surface area contributed by atoms with Gasteiger partial charge in [0.2, 0.25) is 0 Å². The molecule has 0 saturated carbocycles. The Morgan fingerprint density at radius 1 is 1.21 bits per heavy atom. The minimum absolute atomic E-state index is 0.162. The molecular formula is C21H28N4O3. The van der Waals surface area contributed by atoms with Crippen LogP contribution < -0.4 is 10.1 Å². The predicted molar refractivity (Wildman–Crippen MR) is 107 cm³/mol. The second-order valence-electron chi connectivity index (χ2n) is 7.37. The van der Waals surface area contributed by atoms with Crippen LogP contribution in [-0.4, -0.2) is 60.5 Å². The highest BCUT2D eigenvalue weighted by atomic mass is 16.5. The van der Waals surface area contributed by atoms with E-state index in [1.54, 1.807) is 0 Å². The maximum absolute atomic E-state index is 12.7. The fraction of sp³-hybridized carbons (Fsp3) is 0.524. The van der Waals surface area contributed by atoms with E-state index in [9.17, 15) is 4.79 Å². The summed E-state index contributed by atoms with van der Waals surface area (Å²) in [4.78, 5) is 15.1. The molecule has 28 heavy (non-hydrogen) atoms. The molecule has 1 aliphatic carbocycles. The summed E-state index contributed by atoms with van der Waals surface area (Å²) in [7, 11) is 0. The zero-order chi connectivity index (χ0) is 19.2. The van der Waals surface area contributed by atoms with Gasteiger partial charge in [-0.25, -0.2) is 0 Å². The summed E-state index contributed by atoms with van der Waals surface area (Å²) in [6.07, 6.45) is 5.36. The number of H-pyrrole nitrogens is 1. The van der Waals surface area contributed by atoms with Gasteiger partial charge in [-0.05, 0) is 37.8 Å². The van der Waals surface area contributed by atoms with E-state index in [1.165, 1.54) is 6.42 Å². The monoisotopic (exact) mass is 384 g/mol. The first kappa shape index (κ1) is 19.0. The molecule has 4 rings (SSSR count). The van der Waals surface area contributed by atoms with E-state index in [-0.39, 0.29) is 5.91 Å². The van der Waals surface area contributed by atoms with Gasteiger partial charge in [0, 0.05) is 42.6 Å². The smallest absolute Gasteiger partial charge is 0.276 e. The van der Waals surface area contributed by atoms with Gasteiger partial charge in [0.05, 0.1) is 13.2 Å². The minimum atomic E-state index is -0.162. The largest absolute Gasteiger partial charge is 0.492 e. The third kappa shape index (κ3) is 4.72. The molecule has 0 atom stereocenters. The van der Waals surface area contributed by atoms with Gasteiger partial charge < -0.3 is 14.8 Å². The molecule has 1 amide bonds. The Morgan fingerprint density at radius 3 is 2.96 bits per heavy atom. The third-order valence-electron chi connectivity index (χ3n) is 5.39. The lowest BCUT2D eigenvalue weighted by atomic mass is 10.1. The Labute approximate surface area is 165 Å². The molecule has 2 heterocycles. The van der Waals surface area contributed by atoms with E-state index in [2.05, 4.69) is 20.4 Å². The van der Waals surface area contributed by atoms with Crippen LogP contribution >= 0.6 is 0 Å². The molecule has 0 unspecified atom stereocenters. The molecule has 1 fully saturated rings. The zero-order valence-electron chi connectivity index (χ0n) is 16.2. The molecule has 1 aliphatic heterocycles. The van der Waals surface area contributed by atoms with Crippen molar-refractivity contribution < 1.29 is 14.3 Å². The van der Waals surface area contributed by atoms with E-state index in [4.69, 9.17) is 9.47 Å². The number of aryl methyl sites for hydroxylation is 1. The van der Waals surface area contributed by atoms with Crippen molar-refractivity contribution in [1.29, 1.82) is 0 Å². The number of hydrogen-bond donors (Lipinski definition) is 2. The number of benzene rings is 1. The van der Waals surface area contributed by atoms with E-state index < -0.39 is 0 Å². The van der Waals surface area contributed by atoms with Crippen LogP contribution in [0.4, 0.5) is 5.69 Å². The Hall–Kier alpha value is -2.38. The first-order valence-electron chi connectivity index (χ1n) is 10.2. The van der Waals surface area contributed by atoms with Crippen molar-refractivity contribution in [2.75, 3.05) is 44.8 Å². The SMILES string of the molecule is O=C(Nc1cccc(OCCN2CCOCC2)c1)c1n[nH]c2c1CCCCC2. The Morgan fingerprint density at radius 2 is 2.07 bits per heavy atom. The number of aromatic nitrogens is 2. The second kappa shape index (κ2) is 9.21. The molecule has 150 valence electrons. The standard InChI is InChI=1S/C21H28N4O3/c26-21(20-18-7-2-1-3-8-19(18)23-24-20)22-16-5-4-6-17(15-16)28-14-11-25-9-12-27-13-10-25/h4-6,15H,1-3,7-14H2,(H,22,26)(H,23,24). The van der Waals surface area contributed by atoms with Crippen LogP contribution in [0.25, 0.3) is 0 Å². The van der Waals surface area contributed by atoms with E-state index in [0.29, 0.717) is 12.3 Å². The van der Waals surface area contributed by atoms with Crippen molar-refractivity contribution in [3.63, 3.8) is 0 Å². The van der Waals surface area contributed by atoms with Crippen LogP contribution in [0.1, 0.15) is 41.0 Å². The number of carbonyl (C=O) groups excluding carboxylic acids is 1. The normalized spacial score (nSPS) is 17.6. The number of carbonyl (C=O) groups is 1. The molecular weight excluding hydrogens is 356 g/mol.